The number of rotatable bonds is 11. The largest absolute Gasteiger partial charge is 0.385 e. The van der Waals surface area contributed by atoms with Crippen LogP contribution in [0.25, 0.3) is 0 Å². The van der Waals surface area contributed by atoms with Crippen molar-refractivity contribution < 1.29 is 19.1 Å². The van der Waals surface area contributed by atoms with Crippen LogP contribution < -0.4 is 4.90 Å². The van der Waals surface area contributed by atoms with Crippen LogP contribution in [0.3, 0.4) is 0 Å². The Hall–Kier alpha value is -2.79. The van der Waals surface area contributed by atoms with Crippen molar-refractivity contribution in [2.24, 2.45) is 11.8 Å². The lowest BCUT2D eigenvalue weighted by Gasteiger charge is -2.35. The number of nitrogens with zero attached hydrogens (tertiary/aromatic N) is 1. The van der Waals surface area contributed by atoms with E-state index in [9.17, 15) is 14.4 Å². The maximum absolute atomic E-state index is 13.4. The summed E-state index contributed by atoms with van der Waals surface area (Å²) in [6, 6.07) is 13.8. The van der Waals surface area contributed by atoms with Crippen LogP contribution in [0.15, 0.2) is 42.5 Å². The molecule has 0 spiro atoms. The van der Waals surface area contributed by atoms with Gasteiger partial charge in [0.1, 0.15) is 11.7 Å². The van der Waals surface area contributed by atoms with Crippen molar-refractivity contribution in [2.45, 2.75) is 77.6 Å². The molecule has 4 rings (SSSR count). The molecule has 5 nitrogen and oxygen atoms in total. The van der Waals surface area contributed by atoms with Gasteiger partial charge >= 0.3 is 0 Å². The van der Waals surface area contributed by atoms with E-state index in [1.165, 1.54) is 37.7 Å². The molecule has 1 atom stereocenters. The predicted octanol–water partition coefficient (Wildman–Crippen LogP) is 6.32. The summed E-state index contributed by atoms with van der Waals surface area (Å²) in [5.74, 6) is 0.195. The van der Waals surface area contributed by atoms with Gasteiger partial charge in [0.15, 0.2) is 5.78 Å². The number of anilines is 1. The number of methoxy groups -OCH3 is 1. The van der Waals surface area contributed by atoms with E-state index in [0.29, 0.717) is 49.1 Å². The first kappa shape index (κ1) is 27.3. The third-order valence-corrected chi connectivity index (χ3v) is 8.01. The first-order valence-corrected chi connectivity index (χ1v) is 14.0. The fourth-order valence-electron chi connectivity index (χ4n) is 5.82. The zero-order chi connectivity index (χ0) is 26.4. The second-order valence-corrected chi connectivity index (χ2v) is 11.1. The molecule has 1 heterocycles. The van der Waals surface area contributed by atoms with E-state index in [0.717, 1.165) is 17.5 Å². The first-order valence-electron chi connectivity index (χ1n) is 14.0. The Bertz CT molecular complexity index is 1120. The van der Waals surface area contributed by atoms with E-state index >= 15 is 0 Å². The summed E-state index contributed by atoms with van der Waals surface area (Å²) in [4.78, 5) is 41.6. The zero-order valence-corrected chi connectivity index (χ0v) is 22.6. The van der Waals surface area contributed by atoms with Crippen molar-refractivity contribution >= 4 is 23.2 Å². The Labute approximate surface area is 221 Å². The highest BCUT2D eigenvalue weighted by molar-refractivity contribution is 6.21. The van der Waals surface area contributed by atoms with Crippen molar-refractivity contribution in [2.75, 3.05) is 25.2 Å². The first-order chi connectivity index (χ1) is 17.9. The Morgan fingerprint density at radius 1 is 0.973 bits per heavy atom. The third-order valence-electron chi connectivity index (χ3n) is 8.01. The minimum atomic E-state index is -0.719. The highest BCUT2D eigenvalue weighted by Gasteiger charge is 2.39. The van der Waals surface area contributed by atoms with Crippen LogP contribution in [0.5, 0.6) is 0 Å². The highest BCUT2D eigenvalue weighted by Crippen LogP contribution is 2.35. The Morgan fingerprint density at radius 2 is 1.70 bits per heavy atom. The third kappa shape index (κ3) is 6.75. The fraction of sp³-hybridized carbons (Fsp3) is 0.531. The number of Topliss-reactive ketones (excluding diaryl/α,β-unsaturated/α-hetero) is 2. The van der Waals surface area contributed by atoms with Crippen molar-refractivity contribution in [1.29, 1.82) is 0 Å². The number of carbonyl (C=O) groups is 3. The maximum Gasteiger partial charge on any atom is 0.238 e. The number of carbonyl (C=O) groups excluding carboxylic acids is 3. The molecular weight excluding hydrogens is 462 g/mol. The van der Waals surface area contributed by atoms with Gasteiger partial charge in [0.2, 0.25) is 5.91 Å². The molecule has 0 aromatic heterocycles. The van der Waals surface area contributed by atoms with Crippen LogP contribution in [-0.4, -0.2) is 37.7 Å². The van der Waals surface area contributed by atoms with Crippen LogP contribution in [0, 0.1) is 11.8 Å². The normalized spacial score (nSPS) is 18.4. The Morgan fingerprint density at radius 3 is 2.41 bits per heavy atom. The molecule has 1 aliphatic heterocycles. The molecule has 0 bridgehead atoms. The summed E-state index contributed by atoms with van der Waals surface area (Å²) in [6.45, 7) is 5.29. The summed E-state index contributed by atoms with van der Waals surface area (Å²) < 4.78 is 5.21. The van der Waals surface area contributed by atoms with Gasteiger partial charge in [0.05, 0.1) is 5.69 Å². The average molecular weight is 504 g/mol. The predicted molar refractivity (Wildman–Crippen MR) is 147 cm³/mol. The molecule has 0 N–H and O–H groups in total. The van der Waals surface area contributed by atoms with E-state index < -0.39 is 5.92 Å². The monoisotopic (exact) mass is 503 g/mol. The number of hydrogen-bond acceptors (Lipinski definition) is 4. The van der Waals surface area contributed by atoms with Crippen LogP contribution in [0.1, 0.15) is 91.8 Å². The van der Waals surface area contributed by atoms with Gasteiger partial charge in [-0.3, -0.25) is 14.4 Å². The van der Waals surface area contributed by atoms with Crippen LogP contribution in [-0.2, 0) is 27.2 Å². The number of ether oxygens (including phenoxy) is 1. The summed E-state index contributed by atoms with van der Waals surface area (Å²) in [7, 11) is 1.59. The lowest BCUT2D eigenvalue weighted by Crippen LogP contribution is -2.46. The molecule has 37 heavy (non-hydrogen) atoms. The summed E-state index contributed by atoms with van der Waals surface area (Å²) >= 11 is 0. The number of hydrogen-bond donors (Lipinski definition) is 0. The van der Waals surface area contributed by atoms with Gasteiger partial charge in [-0.15, -0.1) is 0 Å². The number of ketones is 2. The maximum atomic E-state index is 13.4. The van der Waals surface area contributed by atoms with Gasteiger partial charge in [-0.25, -0.2) is 0 Å². The topological polar surface area (TPSA) is 63.7 Å². The molecule has 1 aliphatic carbocycles. The number of benzene rings is 2. The van der Waals surface area contributed by atoms with Crippen LogP contribution >= 0.6 is 0 Å². The molecule has 1 fully saturated rings. The molecule has 1 saturated carbocycles. The van der Waals surface area contributed by atoms with Crippen molar-refractivity contribution in [3.63, 3.8) is 0 Å². The molecule has 2 aromatic carbocycles. The van der Waals surface area contributed by atoms with Crippen LogP contribution in [0.2, 0.25) is 0 Å². The van der Waals surface area contributed by atoms with Crippen LogP contribution in [0.4, 0.5) is 5.69 Å². The molecular formula is C32H41NO4. The standard InChI is InChI=1S/C32H41NO4/c1-22(2)26-11-7-10-24(18-26)19-27(34)20-25-12-13-30-29(21-25)31(35)28(15-17-37-3)32(36)33(30)16-14-23-8-5-4-6-9-23/h7,10-13,18,21-23,28H,4-6,8-9,14-17,19-20H2,1-3H3. The molecule has 1 unspecified atom stereocenters. The van der Waals surface area contributed by atoms with E-state index in [2.05, 4.69) is 26.0 Å². The lowest BCUT2D eigenvalue weighted by molar-refractivity contribution is -0.122. The number of fused-ring (bicyclic) bond motifs is 1. The number of amides is 1. The second kappa shape index (κ2) is 12.6. The SMILES string of the molecule is COCCC1C(=O)c2cc(CC(=O)Cc3cccc(C(C)C)c3)ccc2N(CCC2CCCCC2)C1=O. The summed E-state index contributed by atoms with van der Waals surface area (Å²) in [6.07, 6.45) is 8.27. The fourth-order valence-corrected chi connectivity index (χ4v) is 5.82. The zero-order valence-electron chi connectivity index (χ0n) is 22.6. The molecule has 5 heteroatoms. The van der Waals surface area contributed by atoms with Gasteiger partial charge in [-0.2, -0.15) is 0 Å². The molecule has 0 radical (unpaired) electrons. The second-order valence-electron chi connectivity index (χ2n) is 11.1. The molecule has 0 saturated heterocycles. The summed E-state index contributed by atoms with van der Waals surface area (Å²) in [5, 5.41) is 0. The Kier molecular flexibility index (Phi) is 9.31. The Balaban J connectivity index is 1.52. The van der Waals surface area contributed by atoms with E-state index in [1.807, 2.05) is 35.2 Å². The smallest absolute Gasteiger partial charge is 0.238 e. The highest BCUT2D eigenvalue weighted by atomic mass is 16.5. The van der Waals surface area contributed by atoms with Gasteiger partial charge in [-0.1, -0.05) is 76.3 Å². The van der Waals surface area contributed by atoms with Crippen molar-refractivity contribution in [3.05, 3.63) is 64.7 Å². The van der Waals surface area contributed by atoms with Gasteiger partial charge < -0.3 is 9.64 Å². The quantitative estimate of drug-likeness (QED) is 0.337. The van der Waals surface area contributed by atoms with Gasteiger partial charge in [0, 0.05) is 38.7 Å². The molecule has 1 amide bonds. The van der Waals surface area contributed by atoms with Gasteiger partial charge in [0.25, 0.3) is 0 Å². The average Bonchev–Trinajstić information content (AvgIpc) is 2.89. The molecule has 2 aromatic rings. The van der Waals surface area contributed by atoms with E-state index in [1.54, 1.807) is 7.11 Å². The van der Waals surface area contributed by atoms with Crippen molar-refractivity contribution in [1.82, 2.24) is 0 Å². The van der Waals surface area contributed by atoms with Gasteiger partial charge in [-0.05, 0) is 53.5 Å². The van der Waals surface area contributed by atoms with Crippen molar-refractivity contribution in [3.8, 4) is 0 Å². The minimum absolute atomic E-state index is 0.112. The molecule has 2 aliphatic rings. The van der Waals surface area contributed by atoms with E-state index in [4.69, 9.17) is 4.74 Å². The van der Waals surface area contributed by atoms with E-state index in [-0.39, 0.29) is 23.9 Å². The lowest BCUT2D eigenvalue weighted by atomic mass is 9.84. The molecule has 198 valence electrons. The minimum Gasteiger partial charge on any atom is -0.385 e. The summed E-state index contributed by atoms with van der Waals surface area (Å²) in [5.41, 5.74) is 4.33.